The number of nitrogen functional groups attached to an aromatic ring is 1. The van der Waals surface area contributed by atoms with E-state index in [9.17, 15) is 5.11 Å². The summed E-state index contributed by atoms with van der Waals surface area (Å²) < 4.78 is 0. The lowest BCUT2D eigenvalue weighted by Gasteiger charge is -2.08. The lowest BCUT2D eigenvalue weighted by atomic mass is 10.0. The molecule has 0 saturated heterocycles. The third-order valence-corrected chi connectivity index (χ3v) is 2.89. The lowest BCUT2D eigenvalue weighted by molar-refractivity contribution is 0.164. The van der Waals surface area contributed by atoms with Crippen molar-refractivity contribution < 1.29 is 5.11 Å². The molecule has 0 spiro atoms. The number of nitrogens with one attached hydrogen (secondary N) is 1. The number of hydrogen-bond donors (Lipinski definition) is 3. The second-order valence-electron chi connectivity index (χ2n) is 4.31. The molecule has 0 saturated carbocycles. The molecule has 1 heterocycles. The number of H-pyrrole nitrogens is 1. The number of nitrogens with zero attached hydrogens (tertiary/aromatic N) is 1. The van der Waals surface area contributed by atoms with Gasteiger partial charge in [-0.2, -0.15) is 5.10 Å². The molecule has 4 nitrogen and oxygen atoms in total. The Hall–Kier alpha value is -1.03. The smallest absolute Gasteiger partial charge is 0.124 e. The number of aromatic amines is 1. The first-order valence-corrected chi connectivity index (χ1v) is 6.22. The molecule has 0 aliphatic rings. The average molecular weight is 225 g/mol. The van der Waals surface area contributed by atoms with Gasteiger partial charge >= 0.3 is 0 Å². The summed E-state index contributed by atoms with van der Waals surface area (Å²) in [6.07, 6.45) is 9.31. The molecular weight excluding hydrogens is 202 g/mol. The first-order chi connectivity index (χ1) is 7.75. The van der Waals surface area contributed by atoms with Crippen LogP contribution in [0.15, 0.2) is 6.20 Å². The van der Waals surface area contributed by atoms with Crippen LogP contribution in [0.2, 0.25) is 0 Å². The van der Waals surface area contributed by atoms with Crippen LogP contribution >= 0.6 is 0 Å². The van der Waals surface area contributed by atoms with Crippen LogP contribution in [-0.2, 0) is 0 Å². The van der Waals surface area contributed by atoms with Crippen LogP contribution < -0.4 is 5.73 Å². The number of nitrogens with two attached hydrogens (primary N) is 1. The first-order valence-electron chi connectivity index (χ1n) is 6.22. The molecule has 16 heavy (non-hydrogen) atoms. The topological polar surface area (TPSA) is 74.9 Å². The van der Waals surface area contributed by atoms with Gasteiger partial charge in [-0.1, -0.05) is 45.4 Å². The summed E-state index contributed by atoms with van der Waals surface area (Å²) in [5.74, 6) is 0.485. The second kappa shape index (κ2) is 7.28. The Kier molecular flexibility index (Phi) is 5.93. The Bertz CT molecular complexity index is 286. The van der Waals surface area contributed by atoms with E-state index in [0.29, 0.717) is 5.82 Å². The largest absolute Gasteiger partial charge is 0.388 e. The molecule has 1 rings (SSSR count). The van der Waals surface area contributed by atoms with Gasteiger partial charge in [0.2, 0.25) is 0 Å². The maximum Gasteiger partial charge on any atom is 0.124 e. The number of aliphatic hydroxyl groups is 1. The van der Waals surface area contributed by atoms with Crippen LogP contribution in [0.1, 0.15) is 63.5 Å². The van der Waals surface area contributed by atoms with E-state index >= 15 is 0 Å². The fraction of sp³-hybridized carbons (Fsp3) is 0.750. The van der Waals surface area contributed by atoms with Gasteiger partial charge in [-0.25, -0.2) is 0 Å². The lowest BCUT2D eigenvalue weighted by Crippen LogP contribution is -2.00. The molecule has 4 N–H and O–H groups in total. The number of hydrogen-bond acceptors (Lipinski definition) is 3. The van der Waals surface area contributed by atoms with Crippen molar-refractivity contribution in [2.75, 3.05) is 5.73 Å². The van der Waals surface area contributed by atoms with Gasteiger partial charge in [-0.3, -0.25) is 5.10 Å². The molecule has 92 valence electrons. The van der Waals surface area contributed by atoms with Gasteiger partial charge in [-0.05, 0) is 6.42 Å². The van der Waals surface area contributed by atoms with Gasteiger partial charge in [-0.15, -0.1) is 0 Å². The van der Waals surface area contributed by atoms with Crippen molar-refractivity contribution in [1.82, 2.24) is 10.2 Å². The molecule has 0 amide bonds. The summed E-state index contributed by atoms with van der Waals surface area (Å²) >= 11 is 0. The fourth-order valence-corrected chi connectivity index (χ4v) is 1.84. The Morgan fingerprint density at radius 3 is 2.62 bits per heavy atom. The number of aliphatic hydroxyl groups excluding tert-OH is 1. The molecule has 1 unspecified atom stereocenters. The Labute approximate surface area is 97.2 Å². The third-order valence-electron chi connectivity index (χ3n) is 2.89. The van der Waals surface area contributed by atoms with Gasteiger partial charge in [0.25, 0.3) is 0 Å². The summed E-state index contributed by atoms with van der Waals surface area (Å²) in [5, 5.41) is 16.3. The highest BCUT2D eigenvalue weighted by Crippen LogP contribution is 2.23. The number of rotatable bonds is 8. The molecule has 0 bridgehead atoms. The molecule has 1 aromatic rings. The first kappa shape index (κ1) is 13.0. The van der Waals surface area contributed by atoms with Crippen LogP contribution in [0.25, 0.3) is 0 Å². The van der Waals surface area contributed by atoms with Gasteiger partial charge in [0.15, 0.2) is 0 Å². The maximum absolute atomic E-state index is 9.85. The quantitative estimate of drug-likeness (QED) is 0.595. The minimum absolute atomic E-state index is 0.468. The molecular formula is C12H23N3O. The van der Waals surface area contributed by atoms with E-state index < -0.39 is 6.10 Å². The molecule has 0 aromatic carbocycles. The van der Waals surface area contributed by atoms with Crippen LogP contribution in [0, 0.1) is 0 Å². The van der Waals surface area contributed by atoms with Gasteiger partial charge < -0.3 is 10.8 Å². The van der Waals surface area contributed by atoms with Crippen LogP contribution in [0.4, 0.5) is 5.82 Å². The normalized spacial score (nSPS) is 12.9. The van der Waals surface area contributed by atoms with E-state index in [1.807, 2.05) is 0 Å². The Morgan fingerprint density at radius 2 is 2.00 bits per heavy atom. The maximum atomic E-state index is 9.85. The van der Waals surface area contributed by atoms with E-state index in [2.05, 4.69) is 17.1 Å². The van der Waals surface area contributed by atoms with Crippen molar-refractivity contribution in [2.45, 2.75) is 58.0 Å². The predicted octanol–water partition coefficient (Wildman–Crippen LogP) is 2.78. The highest BCUT2D eigenvalue weighted by molar-refractivity contribution is 5.38. The highest BCUT2D eigenvalue weighted by Gasteiger charge is 2.11. The number of unbranched alkanes of at least 4 members (excludes halogenated alkanes) is 5. The number of anilines is 1. The van der Waals surface area contributed by atoms with Gasteiger partial charge in [0, 0.05) is 5.56 Å². The zero-order valence-corrected chi connectivity index (χ0v) is 10.1. The summed E-state index contributed by atoms with van der Waals surface area (Å²) in [6, 6.07) is 0. The van der Waals surface area contributed by atoms with E-state index in [1.54, 1.807) is 6.20 Å². The van der Waals surface area contributed by atoms with Crippen molar-refractivity contribution >= 4 is 5.82 Å². The summed E-state index contributed by atoms with van der Waals surface area (Å²) in [5.41, 5.74) is 6.36. The minimum Gasteiger partial charge on any atom is -0.388 e. The monoisotopic (exact) mass is 225 g/mol. The summed E-state index contributed by atoms with van der Waals surface area (Å²) in [4.78, 5) is 0. The molecule has 0 radical (unpaired) electrons. The Balaban J connectivity index is 2.11. The van der Waals surface area contributed by atoms with E-state index in [4.69, 9.17) is 5.73 Å². The zero-order chi connectivity index (χ0) is 11.8. The summed E-state index contributed by atoms with van der Waals surface area (Å²) in [6.45, 7) is 2.21. The molecule has 4 heteroatoms. The van der Waals surface area contributed by atoms with Gasteiger partial charge in [0.05, 0.1) is 12.3 Å². The van der Waals surface area contributed by atoms with Crippen molar-refractivity contribution in [1.29, 1.82) is 0 Å². The molecule has 1 atom stereocenters. The van der Waals surface area contributed by atoms with E-state index in [0.717, 1.165) is 18.4 Å². The standard InChI is InChI=1S/C12H23N3O/c1-2-3-4-5-6-7-8-11(16)10-9-14-15-12(10)13/h9,11,16H,2-8H2,1H3,(H3,13,14,15). The van der Waals surface area contributed by atoms with Crippen molar-refractivity contribution in [2.24, 2.45) is 0 Å². The molecule has 1 aromatic heterocycles. The van der Waals surface area contributed by atoms with Crippen LogP contribution in [0.5, 0.6) is 0 Å². The number of aromatic nitrogens is 2. The Morgan fingerprint density at radius 1 is 1.31 bits per heavy atom. The third kappa shape index (κ3) is 4.23. The second-order valence-corrected chi connectivity index (χ2v) is 4.31. The molecule has 0 fully saturated rings. The van der Waals surface area contributed by atoms with E-state index in [1.165, 1.54) is 32.1 Å². The fourth-order valence-electron chi connectivity index (χ4n) is 1.84. The average Bonchev–Trinajstić information content (AvgIpc) is 2.69. The van der Waals surface area contributed by atoms with Crippen molar-refractivity contribution in [3.05, 3.63) is 11.8 Å². The minimum atomic E-state index is -0.468. The van der Waals surface area contributed by atoms with Crippen molar-refractivity contribution in [3.63, 3.8) is 0 Å². The van der Waals surface area contributed by atoms with Crippen molar-refractivity contribution in [3.8, 4) is 0 Å². The molecule has 0 aliphatic heterocycles. The van der Waals surface area contributed by atoms with Crippen LogP contribution in [0.3, 0.4) is 0 Å². The molecule has 0 aliphatic carbocycles. The predicted molar refractivity (Wildman–Crippen MR) is 66.0 cm³/mol. The summed E-state index contributed by atoms with van der Waals surface area (Å²) in [7, 11) is 0. The van der Waals surface area contributed by atoms with E-state index in [-0.39, 0.29) is 0 Å². The zero-order valence-electron chi connectivity index (χ0n) is 10.1. The van der Waals surface area contributed by atoms with Crippen LogP contribution in [-0.4, -0.2) is 15.3 Å². The van der Waals surface area contributed by atoms with Gasteiger partial charge in [0.1, 0.15) is 5.82 Å². The SMILES string of the molecule is CCCCCCCCC(O)c1cn[nH]c1N. The highest BCUT2D eigenvalue weighted by atomic mass is 16.3.